The molecule has 0 radical (unpaired) electrons. The minimum atomic E-state index is -0.211. The van der Waals surface area contributed by atoms with Gasteiger partial charge >= 0.3 is 0 Å². The molecule has 0 unspecified atom stereocenters. The van der Waals surface area contributed by atoms with Crippen LogP contribution in [0.2, 0.25) is 0 Å². The first-order valence-corrected chi connectivity index (χ1v) is 22.0. The predicted molar refractivity (Wildman–Crippen MR) is 265 cm³/mol. The zero-order chi connectivity index (χ0) is 44.4. The average Bonchev–Trinajstić information content (AvgIpc) is 3.66. The normalized spacial score (nSPS) is 12.2. The third-order valence-electron chi connectivity index (χ3n) is 12.4. The van der Waals surface area contributed by atoms with Crippen LogP contribution < -0.4 is 0 Å². The molecule has 1 N–H and O–H groups in total. The fourth-order valence-electron chi connectivity index (χ4n) is 8.59. The summed E-state index contributed by atoms with van der Waals surface area (Å²) in [5.74, 6) is 0.972. The Balaban J connectivity index is 0.00000560. The van der Waals surface area contributed by atoms with Gasteiger partial charge in [-0.15, -0.1) is 23.8 Å². The fraction of sp³-hybridized carbons (Fsp3) is 0.220. The number of aromatic hydroxyl groups is 1. The largest absolute Gasteiger partial charge is 0.507 e. The average molecular weight is 1020 g/mol. The summed E-state index contributed by atoms with van der Waals surface area (Å²) < 4.78 is 2.30. The number of pyridine rings is 1. The van der Waals surface area contributed by atoms with Crippen molar-refractivity contribution in [2.24, 2.45) is 0 Å². The molecule has 9 aromatic rings. The van der Waals surface area contributed by atoms with Crippen molar-refractivity contribution >= 4 is 21.9 Å². The minimum Gasteiger partial charge on any atom is -0.507 e. The molecule has 2 heterocycles. The van der Waals surface area contributed by atoms with Crippen molar-refractivity contribution in [3.05, 3.63) is 180 Å². The van der Waals surface area contributed by atoms with Gasteiger partial charge in [0.2, 0.25) is 0 Å². The molecular formula is C59H56N3OPt-. The smallest absolute Gasteiger partial charge is 0.123 e. The maximum atomic E-state index is 11.8. The molecule has 0 saturated heterocycles. The van der Waals surface area contributed by atoms with Gasteiger partial charge < -0.3 is 9.67 Å². The van der Waals surface area contributed by atoms with Gasteiger partial charge in [-0.05, 0) is 110 Å². The SMILES string of the molecule is Cc1ccnc2c(-c3[c-]c(-c4nc5c(-c6cc(-c7ccccc7)ccc6O)cc(C(C)(C)C)cc5n4-c4ccc(C(C)(C)C)cc4)cc(-c4ccccc4)c3)cc(C(C)(C)C)cc12.[Pt]. The van der Waals surface area contributed by atoms with Gasteiger partial charge in [0.15, 0.2) is 0 Å². The predicted octanol–water partition coefficient (Wildman–Crippen LogP) is 15.6. The van der Waals surface area contributed by atoms with Gasteiger partial charge in [-0.1, -0.05) is 170 Å². The Morgan fingerprint density at radius 2 is 1.08 bits per heavy atom. The van der Waals surface area contributed by atoms with Crippen LogP contribution in [0, 0.1) is 13.0 Å². The first-order valence-electron chi connectivity index (χ1n) is 22.0. The zero-order valence-corrected chi connectivity index (χ0v) is 40.8. The summed E-state index contributed by atoms with van der Waals surface area (Å²) >= 11 is 0. The van der Waals surface area contributed by atoms with Crippen molar-refractivity contribution in [2.75, 3.05) is 0 Å². The molecule has 0 aliphatic rings. The van der Waals surface area contributed by atoms with E-state index in [1.165, 1.54) is 16.7 Å². The number of phenolic OH excluding ortho intramolecular Hbond substituents is 1. The first-order chi connectivity index (χ1) is 29.9. The molecule has 9 rings (SSSR count). The number of aryl methyl sites for hydroxylation is 1. The molecule has 324 valence electrons. The molecule has 0 spiro atoms. The molecule has 0 fully saturated rings. The van der Waals surface area contributed by atoms with Crippen molar-refractivity contribution < 1.29 is 26.2 Å². The van der Waals surface area contributed by atoms with Gasteiger partial charge in [-0.25, -0.2) is 0 Å². The van der Waals surface area contributed by atoms with Crippen LogP contribution in [0.5, 0.6) is 5.75 Å². The van der Waals surface area contributed by atoms with E-state index in [-0.39, 0.29) is 43.1 Å². The van der Waals surface area contributed by atoms with E-state index in [0.717, 1.165) is 89.1 Å². The van der Waals surface area contributed by atoms with E-state index in [0.29, 0.717) is 0 Å². The van der Waals surface area contributed by atoms with E-state index in [1.54, 1.807) is 0 Å². The van der Waals surface area contributed by atoms with E-state index in [9.17, 15) is 5.11 Å². The molecule has 0 saturated carbocycles. The topological polar surface area (TPSA) is 50.9 Å². The maximum Gasteiger partial charge on any atom is 0.123 e. The summed E-state index contributed by atoms with van der Waals surface area (Å²) in [4.78, 5) is 10.7. The number of phenols is 1. The van der Waals surface area contributed by atoms with Gasteiger partial charge in [0.1, 0.15) is 5.75 Å². The molecule has 0 bridgehead atoms. The number of imidazole rings is 1. The Morgan fingerprint density at radius 1 is 0.500 bits per heavy atom. The number of fused-ring (bicyclic) bond motifs is 2. The van der Waals surface area contributed by atoms with Crippen LogP contribution in [0.15, 0.2) is 152 Å². The Hall–Kier alpha value is -6.09. The molecular weight excluding hydrogens is 962 g/mol. The number of aromatic nitrogens is 3. The standard InChI is InChI=1S/C59H56N3O.Pt/c1-37-27-28-60-54-48(37)33-45(58(5,6)7)34-49(54)42-29-41(39-19-15-12-16-20-39)30-43(31-42)56-61-55-51(50-32-40(21-26-53(50)63)38-17-13-11-14-18-38)35-46(59(8,9)10)36-52(55)62(56)47-24-22-44(23-25-47)57(2,3)4;/h11-30,32-36,63H,1-10H3;/q-1;. The van der Waals surface area contributed by atoms with Crippen molar-refractivity contribution in [3.8, 4) is 67.3 Å². The molecule has 2 aromatic heterocycles. The van der Waals surface area contributed by atoms with E-state index >= 15 is 0 Å². The number of rotatable bonds is 6. The van der Waals surface area contributed by atoms with Crippen LogP contribution >= 0.6 is 0 Å². The Kier molecular flexibility index (Phi) is 11.7. The van der Waals surface area contributed by atoms with Crippen LogP contribution in [0.3, 0.4) is 0 Å². The molecule has 0 amide bonds. The third kappa shape index (κ3) is 8.49. The second-order valence-corrected chi connectivity index (χ2v) is 20.2. The minimum absolute atomic E-state index is 0. The Morgan fingerprint density at radius 3 is 1.70 bits per heavy atom. The summed E-state index contributed by atoms with van der Waals surface area (Å²) in [7, 11) is 0. The van der Waals surface area contributed by atoms with Crippen LogP contribution in [-0.4, -0.2) is 19.6 Å². The van der Waals surface area contributed by atoms with Gasteiger partial charge in [0, 0.05) is 49.6 Å². The van der Waals surface area contributed by atoms with Crippen LogP contribution in [0.1, 0.15) is 84.6 Å². The number of hydrogen-bond donors (Lipinski definition) is 1. The summed E-state index contributed by atoms with van der Waals surface area (Å²) in [6.45, 7) is 22.4. The van der Waals surface area contributed by atoms with Gasteiger partial charge in [-0.3, -0.25) is 9.97 Å². The Bertz CT molecular complexity index is 3160. The van der Waals surface area contributed by atoms with E-state index in [4.69, 9.17) is 9.97 Å². The van der Waals surface area contributed by atoms with Crippen LogP contribution in [0.4, 0.5) is 0 Å². The first kappa shape index (κ1) is 44.5. The summed E-state index contributed by atoms with van der Waals surface area (Å²) in [6, 6.07) is 55.4. The van der Waals surface area contributed by atoms with Crippen molar-refractivity contribution in [2.45, 2.75) is 85.5 Å². The molecule has 0 aliphatic carbocycles. The van der Waals surface area contributed by atoms with E-state index in [1.807, 2.05) is 36.5 Å². The van der Waals surface area contributed by atoms with Crippen LogP contribution in [-0.2, 0) is 37.3 Å². The Labute approximate surface area is 393 Å². The molecule has 64 heavy (non-hydrogen) atoms. The van der Waals surface area contributed by atoms with Gasteiger partial charge in [-0.2, -0.15) is 0 Å². The maximum absolute atomic E-state index is 11.8. The number of hydrogen-bond acceptors (Lipinski definition) is 3. The number of nitrogens with zero attached hydrogens (tertiary/aromatic N) is 3. The molecule has 0 atom stereocenters. The van der Waals surface area contributed by atoms with Crippen molar-refractivity contribution in [1.29, 1.82) is 0 Å². The molecule has 0 aliphatic heterocycles. The summed E-state index contributed by atoms with van der Waals surface area (Å²) in [5, 5.41) is 12.9. The quantitative estimate of drug-likeness (QED) is 0.169. The van der Waals surface area contributed by atoms with Crippen LogP contribution in [0.25, 0.3) is 83.5 Å². The third-order valence-corrected chi connectivity index (χ3v) is 12.4. The monoisotopic (exact) mass is 1020 g/mol. The van der Waals surface area contributed by atoms with E-state index in [2.05, 4.69) is 195 Å². The fourth-order valence-corrected chi connectivity index (χ4v) is 8.59. The van der Waals surface area contributed by atoms with Gasteiger partial charge in [0.25, 0.3) is 0 Å². The van der Waals surface area contributed by atoms with E-state index < -0.39 is 0 Å². The van der Waals surface area contributed by atoms with Crippen molar-refractivity contribution in [3.63, 3.8) is 0 Å². The zero-order valence-electron chi connectivity index (χ0n) is 38.5. The number of benzene rings is 7. The molecule has 4 nitrogen and oxygen atoms in total. The van der Waals surface area contributed by atoms with Crippen molar-refractivity contribution in [1.82, 2.24) is 14.5 Å². The van der Waals surface area contributed by atoms with Gasteiger partial charge in [0.05, 0.1) is 16.9 Å². The molecule has 7 aromatic carbocycles. The second kappa shape index (κ2) is 16.8. The second-order valence-electron chi connectivity index (χ2n) is 20.2. The molecule has 5 heteroatoms. The summed E-state index contributed by atoms with van der Waals surface area (Å²) in [6.07, 6.45) is 1.91. The summed E-state index contributed by atoms with van der Waals surface area (Å²) in [5.41, 5.74) is 16.9.